The van der Waals surface area contributed by atoms with E-state index >= 15 is 0 Å². The lowest BCUT2D eigenvalue weighted by atomic mass is 10.2. The first-order valence-electron chi connectivity index (χ1n) is 7.34. The van der Waals surface area contributed by atoms with Crippen LogP contribution in [-0.4, -0.2) is 13.6 Å². The predicted octanol–water partition coefficient (Wildman–Crippen LogP) is 3.74. The summed E-state index contributed by atoms with van der Waals surface area (Å²) in [6.45, 7) is 1.95. The third-order valence-corrected chi connectivity index (χ3v) is 4.75. The highest BCUT2D eigenvalue weighted by molar-refractivity contribution is 7.89. The van der Waals surface area contributed by atoms with Gasteiger partial charge < -0.3 is 8.94 Å². The fourth-order valence-electron chi connectivity index (χ4n) is 2.08. The Kier molecular flexibility index (Phi) is 4.63. The lowest BCUT2D eigenvalue weighted by Crippen LogP contribution is -2.22. The molecule has 0 aliphatic rings. The van der Waals surface area contributed by atoms with Crippen LogP contribution in [0.2, 0.25) is 0 Å². The van der Waals surface area contributed by atoms with E-state index in [1.54, 1.807) is 12.1 Å². The number of hydrogen-bond donors (Lipinski definition) is 1. The van der Waals surface area contributed by atoms with Gasteiger partial charge in [-0.2, -0.15) is 13.2 Å². The zero-order valence-electron chi connectivity index (χ0n) is 13.4. The van der Waals surface area contributed by atoms with Crippen LogP contribution >= 0.6 is 0 Å². The van der Waals surface area contributed by atoms with E-state index in [4.69, 9.17) is 4.42 Å². The molecular formula is C16H13F3N2O4S. The van der Waals surface area contributed by atoms with E-state index in [2.05, 4.69) is 14.4 Å². The average molecular weight is 386 g/mol. The van der Waals surface area contributed by atoms with Gasteiger partial charge in [0.15, 0.2) is 5.76 Å². The van der Waals surface area contributed by atoms with Crippen LogP contribution in [0.4, 0.5) is 13.2 Å². The number of aryl methyl sites for hydroxylation is 1. The summed E-state index contributed by atoms with van der Waals surface area (Å²) in [7, 11) is -3.97. The van der Waals surface area contributed by atoms with Gasteiger partial charge in [-0.1, -0.05) is 35.0 Å². The second-order valence-electron chi connectivity index (χ2n) is 5.50. The van der Waals surface area contributed by atoms with Gasteiger partial charge in [0.2, 0.25) is 10.9 Å². The first kappa shape index (κ1) is 18.2. The number of nitrogens with zero attached hydrogens (tertiary/aromatic N) is 1. The standard InChI is InChI=1S/C16H13F3N2O4S/c1-10-2-4-11(5-3-10)9-20-26(22,23)15-7-6-13(24-15)12-8-14(25-21-12)16(17,18)19/h2-8,20H,9H2,1H3. The Balaban J connectivity index is 1.75. The molecule has 2 aromatic heterocycles. The van der Waals surface area contributed by atoms with Crippen LogP contribution in [0.15, 0.2) is 56.5 Å². The van der Waals surface area contributed by atoms with Crippen LogP contribution in [0.25, 0.3) is 11.5 Å². The molecule has 10 heteroatoms. The van der Waals surface area contributed by atoms with Crippen molar-refractivity contribution in [2.45, 2.75) is 24.7 Å². The summed E-state index contributed by atoms with van der Waals surface area (Å²) >= 11 is 0. The number of furan rings is 1. The summed E-state index contributed by atoms with van der Waals surface area (Å²) in [5.74, 6) is -1.45. The number of alkyl halides is 3. The van der Waals surface area contributed by atoms with E-state index in [1.165, 1.54) is 6.07 Å². The number of rotatable bonds is 5. The Morgan fingerprint density at radius 1 is 1.12 bits per heavy atom. The van der Waals surface area contributed by atoms with Crippen molar-refractivity contribution in [3.8, 4) is 11.5 Å². The summed E-state index contributed by atoms with van der Waals surface area (Å²) in [5, 5.41) is 2.81. The van der Waals surface area contributed by atoms with Crippen molar-refractivity contribution in [1.29, 1.82) is 0 Å². The molecule has 0 aliphatic heterocycles. The molecule has 1 N–H and O–H groups in total. The molecule has 3 aromatic rings. The van der Waals surface area contributed by atoms with Crippen LogP contribution in [-0.2, 0) is 22.7 Å². The Morgan fingerprint density at radius 3 is 2.42 bits per heavy atom. The maximum Gasteiger partial charge on any atom is 0.452 e. The SMILES string of the molecule is Cc1ccc(CNS(=O)(=O)c2ccc(-c3cc(C(F)(F)F)on3)o2)cc1. The van der Waals surface area contributed by atoms with Crippen LogP contribution < -0.4 is 4.72 Å². The molecular weight excluding hydrogens is 373 g/mol. The molecule has 6 nitrogen and oxygen atoms in total. The highest BCUT2D eigenvalue weighted by atomic mass is 32.2. The van der Waals surface area contributed by atoms with Crippen molar-refractivity contribution in [2.24, 2.45) is 0 Å². The van der Waals surface area contributed by atoms with Gasteiger partial charge in [-0.25, -0.2) is 13.1 Å². The number of nitrogens with one attached hydrogen (secondary N) is 1. The van der Waals surface area contributed by atoms with Crippen LogP contribution in [0, 0.1) is 6.92 Å². The van der Waals surface area contributed by atoms with E-state index in [-0.39, 0.29) is 18.0 Å². The fourth-order valence-corrected chi connectivity index (χ4v) is 3.03. The Hall–Kier alpha value is -2.59. The smallest absolute Gasteiger partial charge is 0.441 e. The van der Waals surface area contributed by atoms with E-state index in [1.807, 2.05) is 19.1 Å². The maximum absolute atomic E-state index is 12.5. The zero-order chi connectivity index (χ0) is 18.9. The van der Waals surface area contributed by atoms with Crippen molar-refractivity contribution in [3.63, 3.8) is 0 Å². The highest BCUT2D eigenvalue weighted by Gasteiger charge is 2.36. The van der Waals surface area contributed by atoms with Crippen molar-refractivity contribution < 1.29 is 30.5 Å². The lowest BCUT2D eigenvalue weighted by molar-refractivity contribution is -0.155. The second-order valence-corrected chi connectivity index (χ2v) is 7.20. The first-order chi connectivity index (χ1) is 12.1. The molecule has 0 radical (unpaired) electrons. The monoisotopic (exact) mass is 386 g/mol. The van der Waals surface area contributed by atoms with Crippen molar-refractivity contribution in [2.75, 3.05) is 0 Å². The van der Waals surface area contributed by atoms with Gasteiger partial charge in [0.25, 0.3) is 10.0 Å². The molecule has 26 heavy (non-hydrogen) atoms. The molecule has 0 fully saturated rings. The zero-order valence-corrected chi connectivity index (χ0v) is 14.2. The van der Waals surface area contributed by atoms with Gasteiger partial charge in [-0.05, 0) is 24.6 Å². The molecule has 0 bridgehead atoms. The van der Waals surface area contributed by atoms with Gasteiger partial charge >= 0.3 is 6.18 Å². The minimum absolute atomic E-state index is 0.0425. The molecule has 0 saturated carbocycles. The van der Waals surface area contributed by atoms with E-state index in [9.17, 15) is 21.6 Å². The van der Waals surface area contributed by atoms with Crippen molar-refractivity contribution >= 4 is 10.0 Å². The topological polar surface area (TPSA) is 85.3 Å². The summed E-state index contributed by atoms with van der Waals surface area (Å²) in [4.78, 5) is 0. The highest BCUT2D eigenvalue weighted by Crippen LogP contribution is 2.33. The van der Waals surface area contributed by atoms with Gasteiger partial charge in [-0.15, -0.1) is 0 Å². The fraction of sp³-hybridized carbons (Fsp3) is 0.188. The number of aromatic nitrogens is 1. The van der Waals surface area contributed by atoms with Crippen LogP contribution in [0.5, 0.6) is 0 Å². The number of sulfonamides is 1. The van der Waals surface area contributed by atoms with Gasteiger partial charge in [0.05, 0.1) is 0 Å². The van der Waals surface area contributed by atoms with E-state index < -0.39 is 27.1 Å². The molecule has 0 aliphatic carbocycles. The van der Waals surface area contributed by atoms with Gasteiger partial charge in [0, 0.05) is 12.6 Å². The van der Waals surface area contributed by atoms with Crippen LogP contribution in [0.3, 0.4) is 0 Å². The molecule has 1 aromatic carbocycles. The molecule has 3 rings (SSSR count). The van der Waals surface area contributed by atoms with E-state index in [0.29, 0.717) is 6.07 Å². The number of hydrogen-bond acceptors (Lipinski definition) is 5. The van der Waals surface area contributed by atoms with Gasteiger partial charge in [0.1, 0.15) is 5.69 Å². The molecule has 0 unspecified atom stereocenters. The largest absolute Gasteiger partial charge is 0.452 e. The summed E-state index contributed by atoms with van der Waals surface area (Å²) in [6, 6.07) is 10.2. The third-order valence-electron chi connectivity index (χ3n) is 3.48. The van der Waals surface area contributed by atoms with E-state index in [0.717, 1.165) is 17.2 Å². The molecule has 0 atom stereocenters. The van der Waals surface area contributed by atoms with Gasteiger partial charge in [-0.3, -0.25) is 0 Å². The summed E-state index contributed by atoms with van der Waals surface area (Å²) < 4.78 is 73.8. The quantitative estimate of drug-likeness (QED) is 0.722. The Morgan fingerprint density at radius 2 is 1.81 bits per heavy atom. The Bertz CT molecular complexity index is 1000. The molecule has 138 valence electrons. The normalized spacial score (nSPS) is 12.5. The summed E-state index contributed by atoms with van der Waals surface area (Å²) in [6.07, 6.45) is -4.69. The molecule has 0 spiro atoms. The third kappa shape index (κ3) is 3.97. The lowest BCUT2D eigenvalue weighted by Gasteiger charge is -2.04. The van der Waals surface area contributed by atoms with Crippen molar-refractivity contribution in [1.82, 2.24) is 9.88 Å². The Labute approximate surface area is 146 Å². The van der Waals surface area contributed by atoms with Crippen LogP contribution in [0.1, 0.15) is 16.9 Å². The molecule has 0 saturated heterocycles. The van der Waals surface area contributed by atoms with Crippen molar-refractivity contribution in [3.05, 3.63) is 59.4 Å². The average Bonchev–Trinajstić information content (AvgIpc) is 3.23. The first-order valence-corrected chi connectivity index (χ1v) is 8.83. The minimum Gasteiger partial charge on any atom is -0.441 e. The number of halogens is 3. The number of benzene rings is 1. The predicted molar refractivity (Wildman–Crippen MR) is 84.4 cm³/mol. The molecule has 2 heterocycles. The summed E-state index contributed by atoms with van der Waals surface area (Å²) in [5.41, 5.74) is 1.53. The molecule has 0 amide bonds. The minimum atomic E-state index is -4.69. The maximum atomic E-state index is 12.5. The second kappa shape index (κ2) is 6.61.